The van der Waals surface area contributed by atoms with Crippen LogP contribution in [0.4, 0.5) is 0 Å². The van der Waals surface area contributed by atoms with E-state index in [1.54, 1.807) is 0 Å². The van der Waals surface area contributed by atoms with Gasteiger partial charge in [-0.25, -0.2) is 0 Å². The first kappa shape index (κ1) is 9.27. The van der Waals surface area contributed by atoms with Crippen molar-refractivity contribution in [1.82, 2.24) is 0 Å². The Labute approximate surface area is 91.6 Å². The van der Waals surface area contributed by atoms with Crippen molar-refractivity contribution < 1.29 is 4.74 Å². The second kappa shape index (κ2) is 3.46. The molecule has 2 N–H and O–H groups in total. The van der Waals surface area contributed by atoms with Crippen molar-refractivity contribution >= 4 is 22.6 Å². The molecule has 0 saturated carbocycles. The van der Waals surface area contributed by atoms with Crippen LogP contribution in [0.3, 0.4) is 0 Å². The number of benzene rings is 1. The molecule has 2 nitrogen and oxygen atoms in total. The summed E-state index contributed by atoms with van der Waals surface area (Å²) in [6.07, 6.45) is 0. The summed E-state index contributed by atoms with van der Waals surface area (Å²) in [4.78, 5) is 0. The van der Waals surface area contributed by atoms with Crippen LogP contribution in [0.2, 0.25) is 0 Å². The Kier molecular flexibility index (Phi) is 2.47. The molecule has 70 valence electrons. The summed E-state index contributed by atoms with van der Waals surface area (Å²) in [5.41, 5.74) is 7.22. The lowest BCUT2D eigenvalue weighted by molar-refractivity contribution is 0.207. The molecule has 1 aromatic rings. The zero-order chi connectivity index (χ0) is 9.42. The smallest absolute Gasteiger partial charge is 0.124 e. The number of hydrogen-bond donors (Lipinski definition) is 1. The molecule has 0 bridgehead atoms. The van der Waals surface area contributed by atoms with E-state index in [0.717, 1.165) is 17.9 Å². The second-order valence-electron chi connectivity index (χ2n) is 3.50. The van der Waals surface area contributed by atoms with Gasteiger partial charge in [0.1, 0.15) is 5.75 Å². The molecule has 2 rings (SSSR count). The van der Waals surface area contributed by atoms with Crippen LogP contribution in [0, 0.1) is 9.49 Å². The van der Waals surface area contributed by atoms with Gasteiger partial charge >= 0.3 is 0 Å². The highest BCUT2D eigenvalue weighted by molar-refractivity contribution is 14.1. The SMILES string of the molecule is CC1COc2ccc(I)cc2C1N. The van der Waals surface area contributed by atoms with Crippen molar-refractivity contribution in [1.29, 1.82) is 0 Å². The lowest BCUT2D eigenvalue weighted by atomic mass is 9.93. The average molecular weight is 289 g/mol. The van der Waals surface area contributed by atoms with Crippen LogP contribution < -0.4 is 10.5 Å². The maximum atomic E-state index is 6.08. The van der Waals surface area contributed by atoms with Gasteiger partial charge in [-0.3, -0.25) is 0 Å². The topological polar surface area (TPSA) is 35.2 Å². The molecule has 0 fully saturated rings. The predicted octanol–water partition coefficient (Wildman–Crippen LogP) is 2.32. The first-order chi connectivity index (χ1) is 6.18. The molecule has 2 atom stereocenters. The highest BCUT2D eigenvalue weighted by atomic mass is 127. The molecule has 0 aromatic heterocycles. The lowest BCUT2D eigenvalue weighted by Crippen LogP contribution is -2.29. The highest BCUT2D eigenvalue weighted by Crippen LogP contribution is 2.34. The van der Waals surface area contributed by atoms with Crippen LogP contribution in [-0.2, 0) is 0 Å². The molecule has 0 spiro atoms. The molecule has 0 saturated heterocycles. The van der Waals surface area contributed by atoms with E-state index in [4.69, 9.17) is 10.5 Å². The summed E-state index contributed by atoms with van der Waals surface area (Å²) in [6.45, 7) is 2.85. The molecule has 0 amide bonds. The minimum absolute atomic E-state index is 0.124. The summed E-state index contributed by atoms with van der Waals surface area (Å²) < 4.78 is 6.79. The van der Waals surface area contributed by atoms with E-state index in [-0.39, 0.29) is 6.04 Å². The molecule has 1 heterocycles. The number of ether oxygens (including phenoxy) is 1. The minimum atomic E-state index is 0.124. The zero-order valence-electron chi connectivity index (χ0n) is 7.46. The maximum Gasteiger partial charge on any atom is 0.124 e. The van der Waals surface area contributed by atoms with E-state index in [1.165, 1.54) is 3.57 Å². The van der Waals surface area contributed by atoms with Gasteiger partial charge in [-0.2, -0.15) is 0 Å². The first-order valence-corrected chi connectivity index (χ1v) is 5.44. The van der Waals surface area contributed by atoms with E-state index in [1.807, 2.05) is 12.1 Å². The van der Waals surface area contributed by atoms with Crippen molar-refractivity contribution in [3.63, 3.8) is 0 Å². The van der Waals surface area contributed by atoms with Crippen LogP contribution in [0.1, 0.15) is 18.5 Å². The zero-order valence-corrected chi connectivity index (χ0v) is 9.61. The van der Waals surface area contributed by atoms with Crippen LogP contribution in [0.15, 0.2) is 18.2 Å². The molecule has 1 aromatic carbocycles. The Bertz CT molecular complexity index is 327. The fourth-order valence-corrected chi connectivity index (χ4v) is 2.06. The van der Waals surface area contributed by atoms with Crippen LogP contribution in [-0.4, -0.2) is 6.61 Å². The fraction of sp³-hybridized carbons (Fsp3) is 0.400. The van der Waals surface area contributed by atoms with E-state index in [2.05, 4.69) is 35.6 Å². The number of halogens is 1. The van der Waals surface area contributed by atoms with Crippen LogP contribution in [0.5, 0.6) is 5.75 Å². The van der Waals surface area contributed by atoms with Gasteiger partial charge in [-0.05, 0) is 40.8 Å². The molecule has 0 aliphatic carbocycles. The molecule has 2 unspecified atom stereocenters. The third-order valence-electron chi connectivity index (χ3n) is 2.45. The Hall–Kier alpha value is -0.290. The Morgan fingerprint density at radius 1 is 1.54 bits per heavy atom. The van der Waals surface area contributed by atoms with Gasteiger partial charge in [-0.15, -0.1) is 0 Å². The standard InChI is InChI=1S/C10H12INO/c1-6-5-13-9-3-2-7(11)4-8(9)10(6)12/h2-4,6,10H,5,12H2,1H3. The number of fused-ring (bicyclic) bond motifs is 1. The summed E-state index contributed by atoms with van der Waals surface area (Å²) in [6, 6.07) is 6.28. The highest BCUT2D eigenvalue weighted by Gasteiger charge is 2.24. The molecule has 1 aliphatic heterocycles. The normalized spacial score (nSPS) is 26.4. The van der Waals surface area contributed by atoms with Gasteiger partial charge in [0.15, 0.2) is 0 Å². The van der Waals surface area contributed by atoms with Gasteiger partial charge in [-0.1, -0.05) is 6.92 Å². The van der Waals surface area contributed by atoms with E-state index in [0.29, 0.717) is 5.92 Å². The average Bonchev–Trinajstić information content (AvgIpc) is 2.12. The summed E-state index contributed by atoms with van der Waals surface area (Å²) >= 11 is 2.29. The van der Waals surface area contributed by atoms with E-state index < -0.39 is 0 Å². The van der Waals surface area contributed by atoms with Crippen LogP contribution in [0.25, 0.3) is 0 Å². The second-order valence-corrected chi connectivity index (χ2v) is 4.74. The predicted molar refractivity (Wildman–Crippen MR) is 60.7 cm³/mol. The molecule has 13 heavy (non-hydrogen) atoms. The minimum Gasteiger partial charge on any atom is -0.493 e. The first-order valence-electron chi connectivity index (χ1n) is 4.36. The monoisotopic (exact) mass is 289 g/mol. The van der Waals surface area contributed by atoms with Crippen molar-refractivity contribution in [2.75, 3.05) is 6.61 Å². The maximum absolute atomic E-state index is 6.08. The van der Waals surface area contributed by atoms with Gasteiger partial charge in [0.25, 0.3) is 0 Å². The van der Waals surface area contributed by atoms with Gasteiger partial charge < -0.3 is 10.5 Å². The van der Waals surface area contributed by atoms with Gasteiger partial charge in [0.05, 0.1) is 6.61 Å². The van der Waals surface area contributed by atoms with E-state index in [9.17, 15) is 0 Å². The molecule has 1 aliphatic rings. The fourth-order valence-electron chi connectivity index (χ4n) is 1.54. The largest absolute Gasteiger partial charge is 0.493 e. The Morgan fingerprint density at radius 2 is 2.31 bits per heavy atom. The molecule has 3 heteroatoms. The van der Waals surface area contributed by atoms with Crippen molar-refractivity contribution in [3.8, 4) is 5.75 Å². The van der Waals surface area contributed by atoms with Crippen molar-refractivity contribution in [2.45, 2.75) is 13.0 Å². The Morgan fingerprint density at radius 3 is 3.08 bits per heavy atom. The number of hydrogen-bond acceptors (Lipinski definition) is 2. The molecular weight excluding hydrogens is 277 g/mol. The van der Waals surface area contributed by atoms with Gasteiger partial charge in [0, 0.05) is 21.1 Å². The molecule has 0 radical (unpaired) electrons. The lowest BCUT2D eigenvalue weighted by Gasteiger charge is -2.28. The quantitative estimate of drug-likeness (QED) is 0.744. The summed E-state index contributed by atoms with van der Waals surface area (Å²) in [5.74, 6) is 1.36. The number of nitrogens with two attached hydrogens (primary N) is 1. The number of rotatable bonds is 0. The van der Waals surface area contributed by atoms with E-state index >= 15 is 0 Å². The third-order valence-corrected chi connectivity index (χ3v) is 3.12. The van der Waals surface area contributed by atoms with Crippen molar-refractivity contribution in [2.24, 2.45) is 11.7 Å². The third kappa shape index (κ3) is 1.67. The Balaban J connectivity index is 2.45. The van der Waals surface area contributed by atoms with Crippen molar-refractivity contribution in [3.05, 3.63) is 27.3 Å². The van der Waals surface area contributed by atoms with Crippen LogP contribution >= 0.6 is 22.6 Å². The summed E-state index contributed by atoms with van der Waals surface area (Å²) in [7, 11) is 0. The summed E-state index contributed by atoms with van der Waals surface area (Å²) in [5, 5.41) is 0. The van der Waals surface area contributed by atoms with Gasteiger partial charge in [0.2, 0.25) is 0 Å². The molecular formula is C10H12INO.